The summed E-state index contributed by atoms with van der Waals surface area (Å²) in [7, 11) is 0. The molecule has 1 atom stereocenters. The van der Waals surface area contributed by atoms with Gasteiger partial charge in [0.15, 0.2) is 0 Å². The number of benzene rings is 1. The van der Waals surface area contributed by atoms with Crippen LogP contribution in [-0.2, 0) is 22.7 Å². The van der Waals surface area contributed by atoms with Crippen LogP contribution in [0.5, 0.6) is 0 Å². The topological polar surface area (TPSA) is 105 Å². The zero-order valence-electron chi connectivity index (χ0n) is 16.1. The van der Waals surface area contributed by atoms with Crippen LogP contribution in [0, 0.1) is 5.92 Å². The fourth-order valence-corrected chi connectivity index (χ4v) is 4.62. The monoisotopic (exact) mass is 384 g/mol. The first-order valence-electron chi connectivity index (χ1n) is 10.2. The van der Waals surface area contributed by atoms with E-state index in [1.54, 1.807) is 4.90 Å². The molecule has 1 unspecified atom stereocenters. The number of hydrogen-bond acceptors (Lipinski definition) is 5. The fraction of sp³-hybridized carbons (Fsp3) is 0.571. The molecule has 28 heavy (non-hydrogen) atoms. The van der Waals surface area contributed by atoms with Crippen molar-refractivity contribution >= 4 is 17.7 Å². The molecule has 0 aromatic heterocycles. The molecule has 3 amide bonds. The fourth-order valence-electron chi connectivity index (χ4n) is 4.62. The Kier molecular flexibility index (Phi) is 5.46. The largest absolute Gasteiger partial charge is 0.328 e. The van der Waals surface area contributed by atoms with Gasteiger partial charge in [0, 0.05) is 31.1 Å². The summed E-state index contributed by atoms with van der Waals surface area (Å²) in [6.07, 6.45) is 5.20. The van der Waals surface area contributed by atoms with Crippen molar-refractivity contribution < 1.29 is 14.4 Å². The highest BCUT2D eigenvalue weighted by molar-refractivity contribution is 6.05. The number of fused-ring (bicyclic) bond motifs is 1. The van der Waals surface area contributed by atoms with Gasteiger partial charge in [-0.05, 0) is 61.8 Å². The Bertz CT molecular complexity index is 786. The molecule has 4 N–H and O–H groups in total. The molecule has 150 valence electrons. The van der Waals surface area contributed by atoms with Crippen LogP contribution < -0.4 is 16.4 Å². The van der Waals surface area contributed by atoms with E-state index in [0.29, 0.717) is 37.0 Å². The molecule has 1 aromatic carbocycles. The first kappa shape index (κ1) is 19.1. The van der Waals surface area contributed by atoms with Crippen molar-refractivity contribution in [3.63, 3.8) is 0 Å². The van der Waals surface area contributed by atoms with E-state index in [-0.39, 0.29) is 24.1 Å². The van der Waals surface area contributed by atoms with Gasteiger partial charge in [0.05, 0.1) is 0 Å². The molecule has 1 saturated heterocycles. The summed E-state index contributed by atoms with van der Waals surface area (Å²) >= 11 is 0. The normalized spacial score (nSPS) is 27.7. The second kappa shape index (κ2) is 8.01. The van der Waals surface area contributed by atoms with Crippen LogP contribution in [0.1, 0.15) is 60.0 Å². The summed E-state index contributed by atoms with van der Waals surface area (Å²) in [5, 5.41) is 5.89. The Labute approximate surface area is 165 Å². The van der Waals surface area contributed by atoms with Crippen LogP contribution in [-0.4, -0.2) is 41.2 Å². The lowest BCUT2D eigenvalue weighted by Gasteiger charge is -2.29. The highest BCUT2D eigenvalue weighted by Gasteiger charge is 2.39. The molecule has 7 heteroatoms. The van der Waals surface area contributed by atoms with Crippen LogP contribution >= 0.6 is 0 Å². The minimum Gasteiger partial charge on any atom is -0.328 e. The van der Waals surface area contributed by atoms with Crippen LogP contribution in [0.2, 0.25) is 0 Å². The molecule has 1 aromatic rings. The average Bonchev–Trinajstić information content (AvgIpc) is 3.01. The third kappa shape index (κ3) is 3.82. The Morgan fingerprint density at radius 3 is 2.64 bits per heavy atom. The maximum absolute atomic E-state index is 12.9. The first-order valence-corrected chi connectivity index (χ1v) is 10.2. The van der Waals surface area contributed by atoms with Gasteiger partial charge < -0.3 is 16.0 Å². The standard InChI is InChI=1S/C21H28N4O3/c22-15-6-4-13(5-7-15)10-23-11-14-2-1-3-16-17(14)12-25(21(16)28)18-8-9-19(26)24-20(18)27/h1-3,13,15,18,23H,4-12,22H2,(H,24,26,27). The number of hydrogen-bond donors (Lipinski definition) is 3. The number of nitrogens with zero attached hydrogens (tertiary/aromatic N) is 1. The van der Waals surface area contributed by atoms with Gasteiger partial charge in [-0.1, -0.05) is 12.1 Å². The first-order chi connectivity index (χ1) is 13.5. The zero-order valence-corrected chi connectivity index (χ0v) is 16.1. The number of piperidine rings is 1. The van der Waals surface area contributed by atoms with Crippen molar-refractivity contribution in [3.05, 3.63) is 34.9 Å². The molecule has 7 nitrogen and oxygen atoms in total. The van der Waals surface area contributed by atoms with Crippen LogP contribution in [0.3, 0.4) is 0 Å². The van der Waals surface area contributed by atoms with E-state index >= 15 is 0 Å². The molecule has 0 bridgehead atoms. The van der Waals surface area contributed by atoms with E-state index < -0.39 is 6.04 Å². The van der Waals surface area contributed by atoms with Crippen LogP contribution in [0.15, 0.2) is 18.2 Å². The van der Waals surface area contributed by atoms with Gasteiger partial charge >= 0.3 is 0 Å². The highest BCUT2D eigenvalue weighted by atomic mass is 16.2. The number of carbonyl (C=O) groups excluding carboxylic acids is 3. The third-order valence-electron chi connectivity index (χ3n) is 6.32. The Morgan fingerprint density at radius 1 is 1.11 bits per heavy atom. The van der Waals surface area contributed by atoms with E-state index in [9.17, 15) is 14.4 Å². The van der Waals surface area contributed by atoms with E-state index in [1.807, 2.05) is 18.2 Å². The summed E-state index contributed by atoms with van der Waals surface area (Å²) in [5.41, 5.74) is 8.75. The van der Waals surface area contributed by atoms with E-state index in [0.717, 1.165) is 30.5 Å². The molecule has 1 saturated carbocycles. The molecule has 1 aliphatic carbocycles. The average molecular weight is 384 g/mol. The van der Waals surface area contributed by atoms with Gasteiger partial charge in [-0.15, -0.1) is 0 Å². The van der Waals surface area contributed by atoms with E-state index in [1.165, 1.54) is 12.8 Å². The van der Waals surface area contributed by atoms with Crippen LogP contribution in [0.25, 0.3) is 0 Å². The lowest BCUT2D eigenvalue weighted by molar-refractivity contribution is -0.136. The lowest BCUT2D eigenvalue weighted by Crippen LogP contribution is -2.52. The molecular weight excluding hydrogens is 356 g/mol. The zero-order chi connectivity index (χ0) is 19.7. The van der Waals surface area contributed by atoms with Crippen molar-refractivity contribution in [2.75, 3.05) is 6.54 Å². The Hall–Kier alpha value is -2.25. The predicted molar refractivity (Wildman–Crippen MR) is 104 cm³/mol. The third-order valence-corrected chi connectivity index (χ3v) is 6.32. The SMILES string of the molecule is NC1CCC(CNCc2cccc3c2CN(C2CCC(=O)NC2=O)C3=O)CC1. The number of rotatable bonds is 5. The molecule has 2 heterocycles. The van der Waals surface area contributed by atoms with Gasteiger partial charge in [-0.3, -0.25) is 19.7 Å². The van der Waals surface area contributed by atoms with Gasteiger partial charge in [0.2, 0.25) is 11.8 Å². The number of nitrogens with one attached hydrogen (secondary N) is 2. The van der Waals surface area contributed by atoms with Crippen molar-refractivity contribution in [1.29, 1.82) is 0 Å². The van der Waals surface area contributed by atoms with Crippen molar-refractivity contribution in [3.8, 4) is 0 Å². The van der Waals surface area contributed by atoms with Gasteiger partial charge in [0.1, 0.15) is 6.04 Å². The number of nitrogens with two attached hydrogens (primary N) is 1. The van der Waals surface area contributed by atoms with E-state index in [4.69, 9.17) is 5.73 Å². The van der Waals surface area contributed by atoms with E-state index in [2.05, 4.69) is 10.6 Å². The highest BCUT2D eigenvalue weighted by Crippen LogP contribution is 2.30. The molecule has 4 rings (SSSR count). The Morgan fingerprint density at radius 2 is 1.89 bits per heavy atom. The smallest absolute Gasteiger partial charge is 0.255 e. The molecule has 2 aliphatic heterocycles. The summed E-state index contributed by atoms with van der Waals surface area (Å²) < 4.78 is 0. The predicted octanol–water partition coefficient (Wildman–Crippen LogP) is 1.05. The summed E-state index contributed by atoms with van der Waals surface area (Å²) in [5.74, 6) is -0.0858. The summed E-state index contributed by atoms with van der Waals surface area (Å²) in [4.78, 5) is 38.1. The van der Waals surface area contributed by atoms with Crippen molar-refractivity contribution in [2.45, 2.75) is 63.7 Å². The van der Waals surface area contributed by atoms with Gasteiger partial charge in [-0.2, -0.15) is 0 Å². The number of carbonyl (C=O) groups is 3. The number of imide groups is 1. The maximum atomic E-state index is 12.9. The molecule has 2 fully saturated rings. The van der Waals surface area contributed by atoms with Gasteiger partial charge in [-0.25, -0.2) is 0 Å². The summed E-state index contributed by atoms with van der Waals surface area (Å²) in [6, 6.07) is 5.57. The Balaban J connectivity index is 1.40. The molecule has 3 aliphatic rings. The maximum Gasteiger partial charge on any atom is 0.255 e. The minimum absolute atomic E-state index is 0.118. The van der Waals surface area contributed by atoms with Crippen LogP contribution in [0.4, 0.5) is 0 Å². The number of amides is 3. The quantitative estimate of drug-likeness (QED) is 0.659. The summed E-state index contributed by atoms with van der Waals surface area (Å²) in [6.45, 7) is 2.10. The van der Waals surface area contributed by atoms with Crippen molar-refractivity contribution in [2.24, 2.45) is 11.7 Å². The molecule has 0 spiro atoms. The molecule has 0 radical (unpaired) electrons. The molecular formula is C21H28N4O3. The lowest BCUT2D eigenvalue weighted by atomic mass is 9.86. The second-order valence-electron chi connectivity index (χ2n) is 8.25. The minimum atomic E-state index is -0.565. The second-order valence-corrected chi connectivity index (χ2v) is 8.25. The van der Waals surface area contributed by atoms with Crippen molar-refractivity contribution in [1.82, 2.24) is 15.5 Å². The van der Waals surface area contributed by atoms with Gasteiger partial charge in [0.25, 0.3) is 5.91 Å².